The third-order valence-corrected chi connectivity index (χ3v) is 7.20. The zero-order valence-electron chi connectivity index (χ0n) is 16.6. The molecule has 1 spiro atoms. The highest BCUT2D eigenvalue weighted by molar-refractivity contribution is 6.05. The number of carbonyl (C=O) groups is 3. The summed E-state index contributed by atoms with van der Waals surface area (Å²) in [4.78, 5) is 38.2. The van der Waals surface area contributed by atoms with Crippen LogP contribution < -0.4 is 16.0 Å². The second-order valence-electron chi connectivity index (χ2n) is 8.90. The van der Waals surface area contributed by atoms with E-state index in [4.69, 9.17) is 0 Å². The molecule has 154 valence electrons. The maximum Gasteiger partial charge on any atom is 0.255 e. The molecular formula is C22H28N4O3. The van der Waals surface area contributed by atoms with E-state index in [0.717, 1.165) is 24.2 Å². The zero-order chi connectivity index (χ0) is 20.0. The largest absolute Gasteiger partial charge is 0.322 e. The first-order valence-electron chi connectivity index (χ1n) is 10.8. The number of nitrogens with one attached hydrogen (secondary N) is 3. The maximum absolute atomic E-state index is 13.0. The Hall–Kier alpha value is -2.25. The number of hydrogen-bond acceptors (Lipinski definition) is 5. The number of fused-ring (bicyclic) bond motifs is 1. The van der Waals surface area contributed by atoms with E-state index in [1.165, 1.54) is 32.1 Å². The van der Waals surface area contributed by atoms with Crippen molar-refractivity contribution in [3.05, 3.63) is 34.9 Å². The number of piperidine rings is 2. The second-order valence-corrected chi connectivity index (χ2v) is 8.90. The first-order chi connectivity index (χ1) is 14.1. The number of nitrogens with zero attached hydrogens (tertiary/aromatic N) is 1. The standard InChI is InChI=1S/C22H28N4O3/c27-19-7-6-17(20(28)25-19)26-13-15-5-4-14(11-16(15)21(26)29)12-23-18-3-1-10-24-22(18)8-2-9-22/h4-5,11,17-18,23-24H,1-3,6-10,12-13H2,(H,25,27,28). The summed E-state index contributed by atoms with van der Waals surface area (Å²) < 4.78 is 0. The fourth-order valence-corrected chi connectivity index (χ4v) is 5.38. The van der Waals surface area contributed by atoms with E-state index in [-0.39, 0.29) is 29.7 Å². The van der Waals surface area contributed by atoms with Gasteiger partial charge in [-0.25, -0.2) is 0 Å². The van der Waals surface area contributed by atoms with Gasteiger partial charge in [0.1, 0.15) is 6.04 Å². The summed E-state index contributed by atoms with van der Waals surface area (Å²) in [6.45, 7) is 2.29. The van der Waals surface area contributed by atoms with Crippen LogP contribution in [0.15, 0.2) is 18.2 Å². The van der Waals surface area contributed by atoms with Crippen molar-refractivity contribution in [3.8, 4) is 0 Å². The van der Waals surface area contributed by atoms with Crippen molar-refractivity contribution in [2.24, 2.45) is 0 Å². The van der Waals surface area contributed by atoms with Crippen LogP contribution in [0.2, 0.25) is 0 Å². The third kappa shape index (κ3) is 3.26. The van der Waals surface area contributed by atoms with Crippen molar-refractivity contribution in [1.82, 2.24) is 20.9 Å². The summed E-state index contributed by atoms with van der Waals surface area (Å²) in [5, 5.41) is 9.82. The topological polar surface area (TPSA) is 90.5 Å². The third-order valence-electron chi connectivity index (χ3n) is 7.20. The molecule has 1 aliphatic carbocycles. The molecule has 2 saturated heterocycles. The summed E-state index contributed by atoms with van der Waals surface area (Å²) in [5.74, 6) is -0.726. The van der Waals surface area contributed by atoms with Crippen LogP contribution in [0.3, 0.4) is 0 Å². The summed E-state index contributed by atoms with van der Waals surface area (Å²) in [5.41, 5.74) is 3.02. The van der Waals surface area contributed by atoms with Crippen molar-refractivity contribution in [2.45, 2.75) is 75.7 Å². The van der Waals surface area contributed by atoms with E-state index in [9.17, 15) is 14.4 Å². The van der Waals surface area contributed by atoms with Crippen LogP contribution in [0.5, 0.6) is 0 Å². The maximum atomic E-state index is 13.0. The van der Waals surface area contributed by atoms with Gasteiger partial charge in [0, 0.05) is 36.7 Å². The lowest BCUT2D eigenvalue weighted by Gasteiger charge is -2.51. The monoisotopic (exact) mass is 396 g/mol. The molecule has 5 rings (SSSR count). The van der Waals surface area contributed by atoms with Crippen LogP contribution in [-0.4, -0.2) is 46.8 Å². The SMILES string of the molecule is O=C1CCC(N2Cc3ccc(CNC4CCCNC45CCC5)cc3C2=O)C(=O)N1. The van der Waals surface area contributed by atoms with Gasteiger partial charge < -0.3 is 15.5 Å². The van der Waals surface area contributed by atoms with E-state index >= 15 is 0 Å². The minimum Gasteiger partial charge on any atom is -0.322 e. The van der Waals surface area contributed by atoms with Crippen molar-refractivity contribution in [3.63, 3.8) is 0 Å². The molecule has 3 N–H and O–H groups in total. The van der Waals surface area contributed by atoms with Gasteiger partial charge in [-0.2, -0.15) is 0 Å². The molecule has 3 amide bonds. The quantitative estimate of drug-likeness (QED) is 0.666. The summed E-state index contributed by atoms with van der Waals surface area (Å²) >= 11 is 0. The molecule has 3 fully saturated rings. The molecule has 0 aromatic heterocycles. The normalized spacial score (nSPS) is 28.3. The lowest BCUT2D eigenvalue weighted by molar-refractivity contribution is -0.136. The van der Waals surface area contributed by atoms with Gasteiger partial charge in [-0.15, -0.1) is 0 Å². The Morgan fingerprint density at radius 2 is 2.00 bits per heavy atom. The Kier molecular flexibility index (Phi) is 4.67. The van der Waals surface area contributed by atoms with E-state index < -0.39 is 6.04 Å². The highest BCUT2D eigenvalue weighted by atomic mass is 16.2. The fraction of sp³-hybridized carbons (Fsp3) is 0.591. The Morgan fingerprint density at radius 3 is 2.76 bits per heavy atom. The van der Waals surface area contributed by atoms with Crippen molar-refractivity contribution in [1.29, 1.82) is 0 Å². The van der Waals surface area contributed by atoms with E-state index in [1.807, 2.05) is 12.1 Å². The molecule has 1 aromatic rings. The smallest absolute Gasteiger partial charge is 0.255 e. The molecule has 0 radical (unpaired) electrons. The predicted molar refractivity (Wildman–Crippen MR) is 107 cm³/mol. The van der Waals surface area contributed by atoms with Crippen LogP contribution in [-0.2, 0) is 22.7 Å². The van der Waals surface area contributed by atoms with Crippen LogP contribution in [0.25, 0.3) is 0 Å². The highest BCUT2D eigenvalue weighted by Crippen LogP contribution is 2.38. The molecule has 29 heavy (non-hydrogen) atoms. The predicted octanol–water partition coefficient (Wildman–Crippen LogP) is 1.21. The van der Waals surface area contributed by atoms with E-state index in [2.05, 4.69) is 22.0 Å². The molecule has 4 aliphatic rings. The Labute approximate surface area is 170 Å². The summed E-state index contributed by atoms with van der Waals surface area (Å²) in [6, 6.07) is 5.99. The molecule has 2 atom stereocenters. The molecule has 7 heteroatoms. The van der Waals surface area contributed by atoms with Crippen molar-refractivity contribution in [2.75, 3.05) is 6.54 Å². The minimum atomic E-state index is -0.555. The van der Waals surface area contributed by atoms with E-state index in [1.54, 1.807) is 4.90 Å². The lowest BCUT2D eigenvalue weighted by Crippen LogP contribution is -2.66. The molecular weight excluding hydrogens is 368 g/mol. The van der Waals surface area contributed by atoms with E-state index in [0.29, 0.717) is 24.6 Å². The van der Waals surface area contributed by atoms with Gasteiger partial charge in [-0.1, -0.05) is 12.1 Å². The van der Waals surface area contributed by atoms with Crippen molar-refractivity contribution < 1.29 is 14.4 Å². The van der Waals surface area contributed by atoms with Gasteiger partial charge in [0.15, 0.2) is 0 Å². The average molecular weight is 396 g/mol. The first-order valence-corrected chi connectivity index (χ1v) is 10.8. The summed E-state index contributed by atoms with van der Waals surface area (Å²) in [6.07, 6.45) is 6.86. The fourth-order valence-electron chi connectivity index (χ4n) is 5.38. The van der Waals surface area contributed by atoms with Gasteiger partial charge >= 0.3 is 0 Å². The molecule has 2 unspecified atom stereocenters. The Morgan fingerprint density at radius 1 is 1.14 bits per heavy atom. The van der Waals surface area contributed by atoms with Crippen molar-refractivity contribution >= 4 is 17.7 Å². The zero-order valence-corrected chi connectivity index (χ0v) is 16.6. The van der Waals surface area contributed by atoms with Crippen LogP contribution in [0.1, 0.15) is 66.4 Å². The molecule has 0 bridgehead atoms. The first kappa shape index (κ1) is 18.8. The molecule has 7 nitrogen and oxygen atoms in total. The number of benzene rings is 1. The van der Waals surface area contributed by atoms with Gasteiger partial charge in [0.2, 0.25) is 11.8 Å². The average Bonchev–Trinajstić information content (AvgIpc) is 3.01. The Balaban J connectivity index is 1.27. The minimum absolute atomic E-state index is 0.105. The number of hydrogen-bond donors (Lipinski definition) is 3. The van der Waals surface area contributed by atoms with Crippen LogP contribution >= 0.6 is 0 Å². The van der Waals surface area contributed by atoms with Gasteiger partial charge in [0.05, 0.1) is 0 Å². The van der Waals surface area contributed by atoms with Gasteiger partial charge in [-0.05, 0) is 62.3 Å². The highest BCUT2D eigenvalue weighted by Gasteiger charge is 2.45. The number of amides is 3. The van der Waals surface area contributed by atoms with Gasteiger partial charge in [0.25, 0.3) is 5.91 Å². The Bertz CT molecular complexity index is 864. The van der Waals surface area contributed by atoms with Gasteiger partial charge in [-0.3, -0.25) is 19.7 Å². The molecule has 3 aliphatic heterocycles. The number of rotatable bonds is 4. The lowest BCUT2D eigenvalue weighted by atomic mass is 9.68. The second kappa shape index (κ2) is 7.22. The number of carbonyl (C=O) groups excluding carboxylic acids is 3. The molecule has 1 aromatic carbocycles. The molecule has 3 heterocycles. The summed E-state index contributed by atoms with van der Waals surface area (Å²) in [7, 11) is 0. The van der Waals surface area contributed by atoms with Crippen LogP contribution in [0.4, 0.5) is 0 Å². The number of imide groups is 1. The van der Waals surface area contributed by atoms with Crippen LogP contribution in [0, 0.1) is 0 Å². The molecule has 1 saturated carbocycles.